The van der Waals surface area contributed by atoms with Gasteiger partial charge in [-0.05, 0) is 66.8 Å². The first-order valence-electron chi connectivity index (χ1n) is 8.98. The molecule has 0 saturated carbocycles. The second-order valence-corrected chi connectivity index (χ2v) is 8.29. The van der Waals surface area contributed by atoms with Gasteiger partial charge in [0.15, 0.2) is 6.23 Å². The molecule has 7 heteroatoms. The van der Waals surface area contributed by atoms with Gasteiger partial charge < -0.3 is 9.64 Å². The molecular weight excluding hydrogens is 465 g/mol. The smallest absolute Gasteiger partial charge is 0.255 e. The molecular formula is C19H21ClIN3O2. The lowest BCUT2D eigenvalue weighted by molar-refractivity contribution is -0.0423. The molecule has 0 N–H and O–H groups in total. The van der Waals surface area contributed by atoms with Gasteiger partial charge in [-0.15, -0.1) is 0 Å². The van der Waals surface area contributed by atoms with Crippen LogP contribution in [-0.4, -0.2) is 33.7 Å². The van der Waals surface area contributed by atoms with E-state index in [2.05, 4.69) is 22.6 Å². The quantitative estimate of drug-likeness (QED) is 0.594. The van der Waals surface area contributed by atoms with E-state index in [0.29, 0.717) is 23.7 Å². The summed E-state index contributed by atoms with van der Waals surface area (Å²) in [7, 11) is 0. The lowest BCUT2D eigenvalue weighted by Crippen LogP contribution is -2.37. The molecule has 138 valence electrons. The summed E-state index contributed by atoms with van der Waals surface area (Å²) in [5.74, 6) is -0.0170. The summed E-state index contributed by atoms with van der Waals surface area (Å²) in [5.41, 5.74) is 3.85. The van der Waals surface area contributed by atoms with Gasteiger partial charge in [-0.25, -0.2) is 4.68 Å². The summed E-state index contributed by atoms with van der Waals surface area (Å²) in [5, 5.41) is 5.27. The maximum absolute atomic E-state index is 13.1. The number of hydrogen-bond donors (Lipinski definition) is 0. The Morgan fingerprint density at radius 3 is 3.00 bits per heavy atom. The maximum Gasteiger partial charge on any atom is 0.255 e. The predicted molar refractivity (Wildman–Crippen MR) is 108 cm³/mol. The summed E-state index contributed by atoms with van der Waals surface area (Å²) in [6.45, 7) is 3.93. The summed E-state index contributed by atoms with van der Waals surface area (Å²) in [4.78, 5) is 14.9. The summed E-state index contributed by atoms with van der Waals surface area (Å²) in [6.07, 6.45) is 4.03. The van der Waals surface area contributed by atoms with E-state index in [9.17, 15) is 4.79 Å². The highest BCUT2D eigenvalue weighted by Gasteiger charge is 2.31. The van der Waals surface area contributed by atoms with E-state index in [-0.39, 0.29) is 12.1 Å². The zero-order chi connectivity index (χ0) is 18.3. The van der Waals surface area contributed by atoms with Crippen molar-refractivity contribution in [1.29, 1.82) is 0 Å². The Morgan fingerprint density at radius 2 is 2.23 bits per heavy atom. The average Bonchev–Trinajstić information content (AvgIpc) is 3.00. The SMILES string of the molecule is Cc1cccc(C(=O)N2CCc3c(I)nn(C4CCCCO4)c3C2)c1Cl. The summed E-state index contributed by atoms with van der Waals surface area (Å²) >= 11 is 8.67. The van der Waals surface area contributed by atoms with Crippen LogP contribution in [0.15, 0.2) is 18.2 Å². The van der Waals surface area contributed by atoms with E-state index in [0.717, 1.165) is 47.2 Å². The highest BCUT2D eigenvalue weighted by atomic mass is 127. The third-order valence-electron chi connectivity index (χ3n) is 5.18. The Hall–Kier alpha value is -1.12. The minimum Gasteiger partial charge on any atom is -0.357 e. The Balaban J connectivity index is 1.63. The Labute approximate surface area is 171 Å². The number of fused-ring (bicyclic) bond motifs is 1. The molecule has 1 aromatic carbocycles. The third kappa shape index (κ3) is 3.27. The van der Waals surface area contributed by atoms with Crippen molar-refractivity contribution < 1.29 is 9.53 Å². The topological polar surface area (TPSA) is 47.4 Å². The highest BCUT2D eigenvalue weighted by Crippen LogP contribution is 2.31. The first-order valence-corrected chi connectivity index (χ1v) is 10.4. The molecule has 0 spiro atoms. The molecule has 26 heavy (non-hydrogen) atoms. The lowest BCUT2D eigenvalue weighted by Gasteiger charge is -2.31. The number of halogens is 2. The fourth-order valence-electron chi connectivity index (χ4n) is 3.71. The van der Waals surface area contributed by atoms with Gasteiger partial charge in [-0.3, -0.25) is 4.79 Å². The van der Waals surface area contributed by atoms with E-state index >= 15 is 0 Å². The van der Waals surface area contributed by atoms with Crippen LogP contribution in [-0.2, 0) is 17.7 Å². The average molecular weight is 486 g/mol. The van der Waals surface area contributed by atoms with Crippen LogP contribution in [0.3, 0.4) is 0 Å². The molecule has 1 amide bonds. The zero-order valence-electron chi connectivity index (χ0n) is 14.7. The largest absolute Gasteiger partial charge is 0.357 e. The van der Waals surface area contributed by atoms with Gasteiger partial charge >= 0.3 is 0 Å². The summed E-state index contributed by atoms with van der Waals surface area (Å²) in [6, 6.07) is 5.61. The van der Waals surface area contributed by atoms with Crippen LogP contribution in [0.25, 0.3) is 0 Å². The van der Waals surface area contributed by atoms with Gasteiger partial charge in [0.2, 0.25) is 0 Å². The summed E-state index contributed by atoms with van der Waals surface area (Å²) < 4.78 is 8.96. The molecule has 0 radical (unpaired) electrons. The number of rotatable bonds is 2. The molecule has 2 aliphatic rings. The number of nitrogens with zero attached hydrogens (tertiary/aromatic N) is 3. The van der Waals surface area contributed by atoms with E-state index in [1.54, 1.807) is 6.07 Å². The number of ether oxygens (including phenoxy) is 1. The number of aromatic nitrogens is 2. The molecule has 1 aromatic heterocycles. The van der Waals surface area contributed by atoms with Crippen LogP contribution >= 0.6 is 34.2 Å². The minimum absolute atomic E-state index is 0.0152. The van der Waals surface area contributed by atoms with Crippen molar-refractivity contribution >= 4 is 40.1 Å². The molecule has 1 atom stereocenters. The molecule has 2 aliphatic heterocycles. The zero-order valence-corrected chi connectivity index (χ0v) is 17.6. The van der Waals surface area contributed by atoms with Crippen LogP contribution in [0, 0.1) is 10.6 Å². The van der Waals surface area contributed by atoms with Crippen LogP contribution in [0.4, 0.5) is 0 Å². The van der Waals surface area contributed by atoms with Crippen molar-refractivity contribution in [3.63, 3.8) is 0 Å². The second kappa shape index (κ2) is 7.48. The van der Waals surface area contributed by atoms with Crippen LogP contribution in [0.1, 0.15) is 52.7 Å². The van der Waals surface area contributed by atoms with Gasteiger partial charge in [0, 0.05) is 18.7 Å². The van der Waals surface area contributed by atoms with Crippen LogP contribution in [0.2, 0.25) is 5.02 Å². The Kier molecular flexibility index (Phi) is 5.25. The predicted octanol–water partition coefficient (Wildman–Crippen LogP) is 4.35. The number of amides is 1. The van der Waals surface area contributed by atoms with Crippen molar-refractivity contribution in [2.45, 2.75) is 45.4 Å². The van der Waals surface area contributed by atoms with Gasteiger partial charge in [-0.1, -0.05) is 23.7 Å². The monoisotopic (exact) mass is 485 g/mol. The number of hydrogen-bond acceptors (Lipinski definition) is 3. The molecule has 0 bridgehead atoms. The standard InChI is InChI=1S/C19H21ClIN3O2/c1-12-5-4-6-14(17(12)20)19(25)23-9-8-13-15(11-23)24(22-18(13)21)16-7-2-3-10-26-16/h4-6,16H,2-3,7-11H2,1H3. The molecule has 1 saturated heterocycles. The third-order valence-corrected chi connectivity index (χ3v) is 6.55. The maximum atomic E-state index is 13.1. The first-order chi connectivity index (χ1) is 12.6. The molecule has 4 rings (SSSR count). The lowest BCUT2D eigenvalue weighted by atomic mass is 10.0. The Bertz CT molecular complexity index is 846. The molecule has 3 heterocycles. The highest BCUT2D eigenvalue weighted by molar-refractivity contribution is 14.1. The number of benzene rings is 1. The van der Waals surface area contributed by atoms with Crippen molar-refractivity contribution in [2.75, 3.05) is 13.2 Å². The second-order valence-electron chi connectivity index (χ2n) is 6.90. The van der Waals surface area contributed by atoms with Gasteiger partial charge in [0.1, 0.15) is 3.70 Å². The fraction of sp³-hybridized carbons (Fsp3) is 0.474. The fourth-order valence-corrected chi connectivity index (χ4v) is 4.73. The van der Waals surface area contributed by atoms with Crippen LogP contribution < -0.4 is 0 Å². The molecule has 1 fully saturated rings. The minimum atomic E-state index is -0.0170. The Morgan fingerprint density at radius 1 is 1.38 bits per heavy atom. The van der Waals surface area contributed by atoms with E-state index in [4.69, 9.17) is 21.4 Å². The van der Waals surface area contributed by atoms with E-state index in [1.807, 2.05) is 28.6 Å². The first kappa shape index (κ1) is 18.3. The van der Waals surface area contributed by atoms with Crippen molar-refractivity contribution in [3.05, 3.63) is 49.3 Å². The van der Waals surface area contributed by atoms with E-state index in [1.165, 1.54) is 5.56 Å². The number of aryl methyl sites for hydroxylation is 1. The van der Waals surface area contributed by atoms with Gasteiger partial charge in [0.25, 0.3) is 5.91 Å². The number of carbonyl (C=O) groups is 1. The normalized spacial score (nSPS) is 20.1. The molecule has 2 aromatic rings. The van der Waals surface area contributed by atoms with Gasteiger partial charge in [-0.2, -0.15) is 5.10 Å². The van der Waals surface area contributed by atoms with Crippen molar-refractivity contribution in [2.24, 2.45) is 0 Å². The van der Waals surface area contributed by atoms with Crippen molar-refractivity contribution in [1.82, 2.24) is 14.7 Å². The van der Waals surface area contributed by atoms with Crippen LogP contribution in [0.5, 0.6) is 0 Å². The molecule has 0 aliphatic carbocycles. The van der Waals surface area contributed by atoms with Crippen molar-refractivity contribution in [3.8, 4) is 0 Å². The van der Waals surface area contributed by atoms with Gasteiger partial charge in [0.05, 0.1) is 22.8 Å². The molecule has 1 unspecified atom stereocenters. The molecule has 5 nitrogen and oxygen atoms in total. The number of carbonyl (C=O) groups excluding carboxylic acids is 1. The van der Waals surface area contributed by atoms with E-state index < -0.39 is 0 Å².